The summed E-state index contributed by atoms with van der Waals surface area (Å²) in [5.41, 5.74) is 1.79. The number of imidazole rings is 1. The van der Waals surface area contributed by atoms with Crippen molar-refractivity contribution >= 4 is 17.2 Å². The minimum Gasteiger partial charge on any atom is -0.336 e. The van der Waals surface area contributed by atoms with Crippen molar-refractivity contribution in [2.24, 2.45) is 7.05 Å². The summed E-state index contributed by atoms with van der Waals surface area (Å²) in [6.45, 7) is 2.13. The average molecular weight is 399 g/mol. The van der Waals surface area contributed by atoms with Crippen LogP contribution in [0.25, 0.3) is 0 Å². The van der Waals surface area contributed by atoms with Crippen molar-refractivity contribution in [3.8, 4) is 0 Å². The van der Waals surface area contributed by atoms with E-state index in [0.29, 0.717) is 19.5 Å². The molecule has 1 unspecified atom stereocenters. The lowest BCUT2D eigenvalue weighted by molar-refractivity contribution is -0.134. The third-order valence-electron chi connectivity index (χ3n) is 4.92. The second-order valence-corrected chi connectivity index (χ2v) is 7.86. The molecular weight excluding hydrogens is 377 g/mol. The Balaban J connectivity index is 1.43. The summed E-state index contributed by atoms with van der Waals surface area (Å²) >= 11 is 1.53. The molecule has 3 aromatic rings. The second-order valence-electron chi connectivity index (χ2n) is 6.92. The summed E-state index contributed by atoms with van der Waals surface area (Å²) in [5.74, 6) is 0.705. The summed E-state index contributed by atoms with van der Waals surface area (Å²) in [6.07, 6.45) is 4.58. The van der Waals surface area contributed by atoms with Gasteiger partial charge in [-0.15, -0.1) is 11.3 Å². The first-order valence-corrected chi connectivity index (χ1v) is 10.1. The zero-order valence-electron chi connectivity index (χ0n) is 15.6. The number of benzene rings is 1. The van der Waals surface area contributed by atoms with E-state index in [4.69, 9.17) is 0 Å². The van der Waals surface area contributed by atoms with Crippen LogP contribution in [0.1, 0.15) is 28.1 Å². The number of carbonyl (C=O) groups excluding carboxylic acids is 1. The van der Waals surface area contributed by atoms with E-state index >= 15 is 0 Å². The van der Waals surface area contributed by atoms with Crippen molar-refractivity contribution < 1.29 is 9.18 Å². The molecule has 0 saturated carbocycles. The van der Waals surface area contributed by atoms with E-state index < -0.39 is 0 Å². The SMILES string of the molecule is Cn1ccnc1C1CNCCN1C(=O)Cc1csc(Cc2ccc(F)cc2)n1. The molecule has 0 bridgehead atoms. The topological polar surface area (TPSA) is 63.1 Å². The lowest BCUT2D eigenvalue weighted by atomic mass is 10.1. The van der Waals surface area contributed by atoms with Gasteiger partial charge in [0.15, 0.2) is 0 Å². The Morgan fingerprint density at radius 1 is 1.36 bits per heavy atom. The molecule has 1 fully saturated rings. The fraction of sp³-hybridized carbons (Fsp3) is 0.350. The largest absolute Gasteiger partial charge is 0.336 e. The van der Waals surface area contributed by atoms with Gasteiger partial charge in [0.2, 0.25) is 5.91 Å². The molecule has 1 aromatic carbocycles. The highest BCUT2D eigenvalue weighted by Gasteiger charge is 2.30. The van der Waals surface area contributed by atoms with Crippen LogP contribution in [0, 0.1) is 5.82 Å². The van der Waals surface area contributed by atoms with E-state index in [1.807, 2.05) is 28.1 Å². The van der Waals surface area contributed by atoms with Gasteiger partial charge in [-0.1, -0.05) is 12.1 Å². The molecule has 1 saturated heterocycles. The van der Waals surface area contributed by atoms with Crippen molar-refractivity contribution in [3.05, 3.63) is 69.9 Å². The van der Waals surface area contributed by atoms with Gasteiger partial charge in [0.25, 0.3) is 0 Å². The van der Waals surface area contributed by atoms with Crippen molar-refractivity contribution in [1.29, 1.82) is 0 Å². The highest BCUT2D eigenvalue weighted by molar-refractivity contribution is 7.09. The van der Waals surface area contributed by atoms with Gasteiger partial charge in [-0.2, -0.15) is 0 Å². The lowest BCUT2D eigenvalue weighted by Crippen LogP contribution is -2.49. The number of hydrogen-bond acceptors (Lipinski definition) is 5. The second kappa shape index (κ2) is 8.20. The Morgan fingerprint density at radius 3 is 2.93 bits per heavy atom. The molecule has 146 valence electrons. The maximum absolute atomic E-state index is 13.0. The number of nitrogens with one attached hydrogen (secondary N) is 1. The number of piperazine rings is 1. The van der Waals surface area contributed by atoms with Gasteiger partial charge < -0.3 is 14.8 Å². The maximum Gasteiger partial charge on any atom is 0.229 e. The van der Waals surface area contributed by atoms with Crippen molar-refractivity contribution in [2.45, 2.75) is 18.9 Å². The van der Waals surface area contributed by atoms with Crippen molar-refractivity contribution in [2.75, 3.05) is 19.6 Å². The van der Waals surface area contributed by atoms with Crippen LogP contribution in [0.4, 0.5) is 4.39 Å². The number of aromatic nitrogens is 3. The quantitative estimate of drug-likeness (QED) is 0.715. The first kappa shape index (κ1) is 18.8. The van der Waals surface area contributed by atoms with E-state index in [2.05, 4.69) is 15.3 Å². The molecule has 6 nitrogen and oxygen atoms in total. The molecule has 0 radical (unpaired) electrons. The third-order valence-corrected chi connectivity index (χ3v) is 5.82. The minimum absolute atomic E-state index is 0.0631. The van der Waals surface area contributed by atoms with Crippen LogP contribution in [-0.4, -0.2) is 45.0 Å². The normalized spacial score (nSPS) is 17.1. The van der Waals surface area contributed by atoms with Crippen LogP contribution in [0.2, 0.25) is 0 Å². The molecule has 8 heteroatoms. The molecule has 28 heavy (non-hydrogen) atoms. The Labute approximate surface area is 167 Å². The minimum atomic E-state index is -0.243. The zero-order chi connectivity index (χ0) is 19.5. The Bertz CT molecular complexity index is 952. The number of amides is 1. The van der Waals surface area contributed by atoms with E-state index in [1.165, 1.54) is 23.5 Å². The highest BCUT2D eigenvalue weighted by atomic mass is 32.1. The van der Waals surface area contributed by atoms with Gasteiger partial charge in [0.05, 0.1) is 17.1 Å². The van der Waals surface area contributed by atoms with Gasteiger partial charge in [-0.05, 0) is 17.7 Å². The third kappa shape index (κ3) is 4.13. The molecule has 1 aliphatic rings. The number of thiazole rings is 1. The number of rotatable bonds is 5. The zero-order valence-corrected chi connectivity index (χ0v) is 16.5. The summed E-state index contributed by atoms with van der Waals surface area (Å²) in [7, 11) is 1.95. The predicted octanol–water partition coefficient (Wildman–Crippen LogP) is 2.32. The van der Waals surface area contributed by atoms with Gasteiger partial charge in [-0.3, -0.25) is 4.79 Å². The van der Waals surface area contributed by atoms with Crippen molar-refractivity contribution in [3.63, 3.8) is 0 Å². The Morgan fingerprint density at radius 2 is 2.18 bits per heavy atom. The van der Waals surface area contributed by atoms with Gasteiger partial charge in [0.1, 0.15) is 17.7 Å². The first-order valence-electron chi connectivity index (χ1n) is 9.25. The molecule has 1 amide bonds. The average Bonchev–Trinajstić information content (AvgIpc) is 3.32. The van der Waals surface area contributed by atoms with Crippen LogP contribution in [-0.2, 0) is 24.7 Å². The molecule has 1 N–H and O–H groups in total. The first-order chi connectivity index (χ1) is 13.6. The van der Waals surface area contributed by atoms with Gasteiger partial charge in [0, 0.05) is 50.9 Å². The smallest absolute Gasteiger partial charge is 0.229 e. The molecule has 2 aromatic heterocycles. The molecule has 3 heterocycles. The summed E-state index contributed by atoms with van der Waals surface area (Å²) in [4.78, 5) is 23.9. The fourth-order valence-corrected chi connectivity index (χ4v) is 4.30. The lowest BCUT2D eigenvalue weighted by Gasteiger charge is -2.35. The Kier molecular flexibility index (Phi) is 5.50. The van der Waals surface area contributed by atoms with E-state index in [1.54, 1.807) is 18.3 Å². The fourth-order valence-electron chi connectivity index (χ4n) is 3.48. The standard InChI is InChI=1S/C20H22FN5OS/c1-25-8-7-23-20(25)17-12-22-6-9-26(17)19(27)11-16-13-28-18(24-16)10-14-2-4-15(21)5-3-14/h2-5,7-8,13,17,22H,6,9-12H2,1H3. The number of hydrogen-bond donors (Lipinski definition) is 1. The van der Waals surface area contributed by atoms with Gasteiger partial charge in [-0.25, -0.2) is 14.4 Å². The molecular formula is C20H22FN5OS. The number of halogens is 1. The summed E-state index contributed by atoms with van der Waals surface area (Å²) in [5, 5.41) is 6.21. The molecule has 0 aliphatic carbocycles. The van der Waals surface area contributed by atoms with Crippen molar-refractivity contribution in [1.82, 2.24) is 24.8 Å². The molecule has 0 spiro atoms. The van der Waals surface area contributed by atoms with E-state index in [-0.39, 0.29) is 24.2 Å². The Hall–Kier alpha value is -2.58. The summed E-state index contributed by atoms with van der Waals surface area (Å²) in [6, 6.07) is 6.36. The maximum atomic E-state index is 13.0. The predicted molar refractivity (Wildman–Crippen MR) is 106 cm³/mol. The van der Waals surface area contributed by atoms with Gasteiger partial charge >= 0.3 is 0 Å². The van der Waals surface area contributed by atoms with Crippen LogP contribution in [0.5, 0.6) is 0 Å². The molecule has 4 rings (SSSR count). The number of aryl methyl sites for hydroxylation is 1. The van der Waals surface area contributed by atoms with Crippen LogP contribution >= 0.6 is 11.3 Å². The molecule has 1 atom stereocenters. The molecule has 1 aliphatic heterocycles. The number of nitrogens with zero attached hydrogens (tertiary/aromatic N) is 4. The van der Waals surface area contributed by atoms with Crippen LogP contribution in [0.3, 0.4) is 0 Å². The van der Waals surface area contributed by atoms with Crippen LogP contribution in [0.15, 0.2) is 42.0 Å². The number of carbonyl (C=O) groups is 1. The highest BCUT2D eigenvalue weighted by Crippen LogP contribution is 2.22. The van der Waals surface area contributed by atoms with E-state index in [9.17, 15) is 9.18 Å². The monoisotopic (exact) mass is 399 g/mol. The van der Waals surface area contributed by atoms with E-state index in [0.717, 1.165) is 28.6 Å². The van der Waals surface area contributed by atoms with Crippen LogP contribution < -0.4 is 5.32 Å². The summed E-state index contributed by atoms with van der Waals surface area (Å²) < 4.78 is 15.0.